The van der Waals surface area contributed by atoms with Crippen LogP contribution in [0.4, 0.5) is 4.79 Å². The second-order valence-electron chi connectivity index (χ2n) is 4.26. The van der Waals surface area contributed by atoms with E-state index in [0.29, 0.717) is 32.7 Å². The van der Waals surface area contributed by atoms with E-state index >= 15 is 0 Å². The van der Waals surface area contributed by atoms with Crippen LogP contribution in [-0.2, 0) is 14.3 Å². The highest BCUT2D eigenvalue weighted by atomic mass is 16.5. The number of hydrogen-bond donors (Lipinski definition) is 2. The molecule has 112 valence electrons. The molecule has 7 heteroatoms. The van der Waals surface area contributed by atoms with Gasteiger partial charge in [-0.15, -0.1) is 0 Å². The minimum atomic E-state index is -0.864. The van der Waals surface area contributed by atoms with Gasteiger partial charge in [0.15, 0.2) is 0 Å². The summed E-state index contributed by atoms with van der Waals surface area (Å²) in [4.78, 5) is 24.0. The first kappa shape index (κ1) is 17.7. The molecule has 0 spiro atoms. The largest absolute Gasteiger partial charge is 0.481 e. The summed E-state index contributed by atoms with van der Waals surface area (Å²) in [5, 5.41) is 11.3. The molecule has 0 rings (SSSR count). The summed E-state index contributed by atoms with van der Waals surface area (Å²) in [5.74, 6) is -0.864. The Morgan fingerprint density at radius 3 is 2.16 bits per heavy atom. The molecule has 0 fully saturated rings. The van der Waals surface area contributed by atoms with Crippen molar-refractivity contribution in [3.63, 3.8) is 0 Å². The number of nitrogens with one attached hydrogen (secondary N) is 1. The molecule has 1 atom stereocenters. The summed E-state index contributed by atoms with van der Waals surface area (Å²) in [6.07, 6.45) is 0.445. The fraction of sp³-hybridized carbons (Fsp3) is 0.833. The lowest BCUT2D eigenvalue weighted by Gasteiger charge is -2.24. The van der Waals surface area contributed by atoms with Gasteiger partial charge >= 0.3 is 12.0 Å². The molecule has 19 heavy (non-hydrogen) atoms. The molecule has 0 aliphatic carbocycles. The van der Waals surface area contributed by atoms with Crippen LogP contribution in [0.1, 0.15) is 19.8 Å². The number of carbonyl (C=O) groups is 2. The summed E-state index contributed by atoms with van der Waals surface area (Å²) in [5.41, 5.74) is 0. The monoisotopic (exact) mass is 276 g/mol. The van der Waals surface area contributed by atoms with E-state index in [1.165, 1.54) is 0 Å². The van der Waals surface area contributed by atoms with E-state index in [1.807, 2.05) is 0 Å². The number of ether oxygens (including phenoxy) is 2. The van der Waals surface area contributed by atoms with Crippen LogP contribution in [0.2, 0.25) is 0 Å². The zero-order chi connectivity index (χ0) is 14.7. The topological polar surface area (TPSA) is 88.1 Å². The molecule has 0 heterocycles. The van der Waals surface area contributed by atoms with E-state index in [4.69, 9.17) is 14.6 Å². The third-order valence-corrected chi connectivity index (χ3v) is 2.58. The molecule has 0 bridgehead atoms. The molecule has 1 unspecified atom stereocenters. The molecular formula is C12H24N2O5. The van der Waals surface area contributed by atoms with Crippen LogP contribution in [-0.4, -0.2) is 68.6 Å². The van der Waals surface area contributed by atoms with Crippen LogP contribution in [0.15, 0.2) is 0 Å². The fourth-order valence-electron chi connectivity index (χ4n) is 1.43. The van der Waals surface area contributed by atoms with Crippen molar-refractivity contribution in [2.75, 3.05) is 40.5 Å². The Bertz CT molecular complexity index is 265. The standard InChI is InChI=1S/C12H24N2O5/c1-10(4-5-11(15)16)13-12(17)14(6-8-18-2)7-9-19-3/h10H,4-9H2,1-3H3,(H,13,17)(H,15,16). The molecule has 0 aromatic rings. The Balaban J connectivity index is 4.16. The Kier molecular flexibility index (Phi) is 9.82. The zero-order valence-corrected chi connectivity index (χ0v) is 11.8. The van der Waals surface area contributed by atoms with Crippen LogP contribution < -0.4 is 5.32 Å². The van der Waals surface area contributed by atoms with Crippen molar-refractivity contribution in [1.82, 2.24) is 10.2 Å². The maximum absolute atomic E-state index is 12.0. The number of hydrogen-bond acceptors (Lipinski definition) is 4. The third kappa shape index (κ3) is 9.26. The lowest BCUT2D eigenvalue weighted by molar-refractivity contribution is -0.137. The first-order chi connectivity index (χ1) is 9.01. The van der Waals surface area contributed by atoms with Gasteiger partial charge < -0.3 is 24.8 Å². The first-order valence-electron chi connectivity index (χ1n) is 6.26. The van der Waals surface area contributed by atoms with Gasteiger partial charge in [-0.25, -0.2) is 4.79 Å². The van der Waals surface area contributed by atoms with Gasteiger partial charge in [-0.2, -0.15) is 0 Å². The Labute approximate surface area is 113 Å². The SMILES string of the molecule is COCCN(CCOC)C(=O)NC(C)CCC(=O)O. The predicted octanol–water partition coefficient (Wildman–Crippen LogP) is 0.544. The van der Waals surface area contributed by atoms with Crippen LogP contribution >= 0.6 is 0 Å². The van der Waals surface area contributed by atoms with E-state index in [2.05, 4.69) is 5.32 Å². The van der Waals surface area contributed by atoms with Gasteiger partial charge in [0.05, 0.1) is 13.2 Å². The number of methoxy groups -OCH3 is 2. The molecule has 0 aromatic heterocycles. The number of urea groups is 1. The van der Waals surface area contributed by atoms with Gasteiger partial charge in [0.25, 0.3) is 0 Å². The lowest BCUT2D eigenvalue weighted by atomic mass is 10.2. The van der Waals surface area contributed by atoms with Crippen molar-refractivity contribution < 1.29 is 24.2 Å². The fourth-order valence-corrected chi connectivity index (χ4v) is 1.43. The Morgan fingerprint density at radius 2 is 1.74 bits per heavy atom. The molecule has 0 radical (unpaired) electrons. The first-order valence-corrected chi connectivity index (χ1v) is 6.26. The van der Waals surface area contributed by atoms with Crippen LogP contribution in [0.25, 0.3) is 0 Å². The van der Waals surface area contributed by atoms with Gasteiger partial charge in [0.1, 0.15) is 0 Å². The van der Waals surface area contributed by atoms with Gasteiger partial charge in [0.2, 0.25) is 0 Å². The molecule has 2 amide bonds. The van der Waals surface area contributed by atoms with E-state index < -0.39 is 5.97 Å². The molecule has 2 N–H and O–H groups in total. The van der Waals surface area contributed by atoms with E-state index in [0.717, 1.165) is 0 Å². The number of nitrogens with zero attached hydrogens (tertiary/aromatic N) is 1. The molecule has 0 aromatic carbocycles. The van der Waals surface area contributed by atoms with Crippen molar-refractivity contribution in [2.24, 2.45) is 0 Å². The summed E-state index contributed by atoms with van der Waals surface area (Å²) in [6, 6.07) is -0.414. The summed E-state index contributed by atoms with van der Waals surface area (Å²) < 4.78 is 9.89. The van der Waals surface area contributed by atoms with Crippen molar-refractivity contribution in [1.29, 1.82) is 0 Å². The van der Waals surface area contributed by atoms with Crippen molar-refractivity contribution in [3.05, 3.63) is 0 Å². The maximum atomic E-state index is 12.0. The van der Waals surface area contributed by atoms with Crippen molar-refractivity contribution in [2.45, 2.75) is 25.8 Å². The number of carboxylic acids is 1. The van der Waals surface area contributed by atoms with Gasteiger partial charge in [0, 0.05) is 39.8 Å². The smallest absolute Gasteiger partial charge is 0.317 e. The summed E-state index contributed by atoms with van der Waals surface area (Å²) in [6.45, 7) is 3.61. The quantitative estimate of drug-likeness (QED) is 0.608. The van der Waals surface area contributed by atoms with Crippen LogP contribution in [0.3, 0.4) is 0 Å². The molecule has 0 saturated carbocycles. The van der Waals surface area contributed by atoms with Gasteiger partial charge in [-0.1, -0.05) is 0 Å². The number of aliphatic carboxylic acids is 1. The zero-order valence-electron chi connectivity index (χ0n) is 11.8. The summed E-state index contributed by atoms with van der Waals surface area (Å²) in [7, 11) is 3.14. The highest BCUT2D eigenvalue weighted by molar-refractivity contribution is 5.74. The highest BCUT2D eigenvalue weighted by Crippen LogP contribution is 1.99. The minimum Gasteiger partial charge on any atom is -0.481 e. The molecule has 7 nitrogen and oxygen atoms in total. The van der Waals surface area contributed by atoms with E-state index in [1.54, 1.807) is 26.0 Å². The van der Waals surface area contributed by atoms with E-state index in [-0.39, 0.29) is 18.5 Å². The molecule has 0 aliphatic heterocycles. The average Bonchev–Trinajstić information content (AvgIpc) is 2.36. The number of rotatable bonds is 10. The minimum absolute atomic E-state index is 0.0393. The van der Waals surface area contributed by atoms with Crippen molar-refractivity contribution in [3.8, 4) is 0 Å². The van der Waals surface area contributed by atoms with Crippen LogP contribution in [0.5, 0.6) is 0 Å². The number of carbonyl (C=O) groups excluding carboxylic acids is 1. The third-order valence-electron chi connectivity index (χ3n) is 2.58. The van der Waals surface area contributed by atoms with Gasteiger partial charge in [-0.3, -0.25) is 4.79 Å². The predicted molar refractivity (Wildman–Crippen MR) is 70.2 cm³/mol. The Morgan fingerprint density at radius 1 is 1.21 bits per heavy atom. The maximum Gasteiger partial charge on any atom is 0.317 e. The number of carboxylic acid groups (broad SMARTS) is 1. The Hall–Kier alpha value is -1.34. The molecule has 0 aliphatic rings. The molecular weight excluding hydrogens is 252 g/mol. The normalized spacial score (nSPS) is 11.9. The van der Waals surface area contributed by atoms with Crippen LogP contribution in [0, 0.1) is 0 Å². The number of amides is 2. The second-order valence-corrected chi connectivity index (χ2v) is 4.26. The average molecular weight is 276 g/mol. The second kappa shape index (κ2) is 10.6. The summed E-state index contributed by atoms with van der Waals surface area (Å²) >= 11 is 0. The lowest BCUT2D eigenvalue weighted by Crippen LogP contribution is -2.46. The van der Waals surface area contributed by atoms with Crippen molar-refractivity contribution >= 4 is 12.0 Å². The highest BCUT2D eigenvalue weighted by Gasteiger charge is 2.15. The molecule has 0 saturated heterocycles. The van der Waals surface area contributed by atoms with Gasteiger partial charge in [-0.05, 0) is 13.3 Å². The van der Waals surface area contributed by atoms with E-state index in [9.17, 15) is 9.59 Å².